The van der Waals surface area contributed by atoms with Crippen LogP contribution in [-0.4, -0.2) is 12.3 Å². The molecule has 0 bridgehead atoms. The van der Waals surface area contributed by atoms with Crippen LogP contribution in [0.25, 0.3) is 0 Å². The van der Waals surface area contributed by atoms with Gasteiger partial charge in [0.15, 0.2) is 0 Å². The summed E-state index contributed by atoms with van der Waals surface area (Å²) < 4.78 is 5.10. The summed E-state index contributed by atoms with van der Waals surface area (Å²) in [7, 11) is 0. The van der Waals surface area contributed by atoms with E-state index in [1.54, 1.807) is 18.2 Å². The van der Waals surface area contributed by atoms with Crippen molar-refractivity contribution < 1.29 is 14.3 Å². The second-order valence-corrected chi connectivity index (χ2v) is 3.45. The van der Waals surface area contributed by atoms with E-state index in [0.29, 0.717) is 17.6 Å². The number of cyclic esters (lactones) is 1. The summed E-state index contributed by atoms with van der Waals surface area (Å²) >= 11 is 0. The Morgan fingerprint density at radius 2 is 2.13 bits per heavy atom. The van der Waals surface area contributed by atoms with Crippen molar-refractivity contribution >= 4 is 12.3 Å². The van der Waals surface area contributed by atoms with Gasteiger partial charge in [0, 0.05) is 23.1 Å². The Balaban J connectivity index is 2.34. The first-order chi connectivity index (χ1) is 7.22. The van der Waals surface area contributed by atoms with E-state index >= 15 is 0 Å². The van der Waals surface area contributed by atoms with Crippen molar-refractivity contribution in [3.63, 3.8) is 0 Å². The maximum atomic E-state index is 11.1. The number of ether oxygens (including phenoxy) is 1. The van der Waals surface area contributed by atoms with Gasteiger partial charge in [-0.3, -0.25) is 4.79 Å². The molecule has 1 aliphatic rings. The zero-order valence-electron chi connectivity index (χ0n) is 8.10. The van der Waals surface area contributed by atoms with Gasteiger partial charge < -0.3 is 4.74 Å². The Bertz CT molecular complexity index is 418. The molecule has 3 nitrogen and oxygen atoms in total. The summed E-state index contributed by atoms with van der Waals surface area (Å²) in [4.78, 5) is 21.9. The molecule has 15 heavy (non-hydrogen) atoms. The van der Waals surface area contributed by atoms with Gasteiger partial charge in [-0.25, -0.2) is 4.79 Å². The number of carbonyl (C=O) groups is 2. The molecule has 0 aliphatic carbocycles. The first-order valence-electron chi connectivity index (χ1n) is 4.65. The molecule has 1 aromatic rings. The van der Waals surface area contributed by atoms with Crippen LogP contribution >= 0.6 is 0 Å². The van der Waals surface area contributed by atoms with Crippen molar-refractivity contribution in [3.8, 4) is 0 Å². The average molecular weight is 202 g/mol. The van der Waals surface area contributed by atoms with Gasteiger partial charge >= 0.3 is 5.97 Å². The predicted octanol–water partition coefficient (Wildman–Crippen LogP) is 2.04. The molecular formula is C12H10O3. The number of rotatable bonds is 2. The lowest BCUT2D eigenvalue weighted by Crippen LogP contribution is -2.02. The van der Waals surface area contributed by atoms with E-state index < -0.39 is 0 Å². The van der Waals surface area contributed by atoms with E-state index in [-0.39, 0.29) is 12.1 Å². The second-order valence-electron chi connectivity index (χ2n) is 3.45. The summed E-state index contributed by atoms with van der Waals surface area (Å²) in [6, 6.07) is 7.09. The van der Waals surface area contributed by atoms with Gasteiger partial charge in [0.25, 0.3) is 0 Å². The Labute approximate surface area is 87.4 Å². The molecule has 1 unspecified atom stereocenters. The van der Waals surface area contributed by atoms with Gasteiger partial charge in [-0.05, 0) is 0 Å². The fraction of sp³-hybridized carbons (Fsp3) is 0.167. The van der Waals surface area contributed by atoms with Gasteiger partial charge in [0.2, 0.25) is 0 Å². The molecule has 0 N–H and O–H groups in total. The molecule has 0 spiro atoms. The van der Waals surface area contributed by atoms with Gasteiger partial charge in [-0.2, -0.15) is 0 Å². The van der Waals surface area contributed by atoms with Crippen LogP contribution in [0.1, 0.15) is 28.4 Å². The lowest BCUT2D eigenvalue weighted by Gasteiger charge is -2.10. The minimum absolute atomic E-state index is 0.355. The summed E-state index contributed by atoms with van der Waals surface area (Å²) in [5.74, 6) is -0.374. The summed E-state index contributed by atoms with van der Waals surface area (Å²) in [5.41, 5.74) is 1.77. The zero-order valence-corrected chi connectivity index (χ0v) is 8.10. The highest BCUT2D eigenvalue weighted by Crippen LogP contribution is 2.33. The van der Waals surface area contributed by atoms with Gasteiger partial charge in [-0.15, -0.1) is 0 Å². The molecule has 3 heteroatoms. The molecule has 1 aliphatic heterocycles. The average Bonchev–Trinajstić information content (AvgIpc) is 2.59. The third-order valence-corrected chi connectivity index (χ3v) is 2.44. The lowest BCUT2D eigenvalue weighted by molar-refractivity contribution is -0.139. The monoisotopic (exact) mass is 202 g/mol. The van der Waals surface area contributed by atoms with Crippen molar-refractivity contribution in [3.05, 3.63) is 47.5 Å². The Hall–Kier alpha value is -1.90. The van der Waals surface area contributed by atoms with Crippen LogP contribution in [0.5, 0.6) is 0 Å². The van der Waals surface area contributed by atoms with E-state index in [1.807, 2.05) is 6.07 Å². The summed E-state index contributed by atoms with van der Waals surface area (Å²) in [6.07, 6.45) is 0.875. The first kappa shape index (κ1) is 9.65. The highest BCUT2D eigenvalue weighted by atomic mass is 16.5. The Kier molecular flexibility index (Phi) is 2.37. The standard InChI is InChI=1S/C12H10O3/c1-8-6-11(15-12(8)14)10-5-3-2-4-9(10)7-13/h2-5,7,11H,1,6H2. The molecule has 76 valence electrons. The van der Waals surface area contributed by atoms with Crippen LogP contribution in [0, 0.1) is 0 Å². The fourth-order valence-electron chi connectivity index (χ4n) is 1.65. The first-order valence-corrected chi connectivity index (χ1v) is 4.65. The highest BCUT2D eigenvalue weighted by molar-refractivity contribution is 5.90. The number of aldehydes is 1. The predicted molar refractivity (Wildman–Crippen MR) is 54.4 cm³/mol. The van der Waals surface area contributed by atoms with E-state index in [4.69, 9.17) is 4.74 Å². The van der Waals surface area contributed by atoms with Crippen LogP contribution in [0.15, 0.2) is 36.4 Å². The minimum Gasteiger partial charge on any atom is -0.454 e. The van der Waals surface area contributed by atoms with Crippen molar-refractivity contribution in [2.24, 2.45) is 0 Å². The smallest absolute Gasteiger partial charge is 0.334 e. The van der Waals surface area contributed by atoms with Crippen LogP contribution in [0.4, 0.5) is 0 Å². The van der Waals surface area contributed by atoms with E-state index in [2.05, 4.69) is 6.58 Å². The second kappa shape index (κ2) is 3.69. The molecule has 1 aromatic carbocycles. The number of benzene rings is 1. The van der Waals surface area contributed by atoms with Crippen LogP contribution < -0.4 is 0 Å². The van der Waals surface area contributed by atoms with Crippen LogP contribution in [0.2, 0.25) is 0 Å². The fourth-order valence-corrected chi connectivity index (χ4v) is 1.65. The highest BCUT2D eigenvalue weighted by Gasteiger charge is 2.29. The van der Waals surface area contributed by atoms with Crippen LogP contribution in [0.3, 0.4) is 0 Å². The quantitative estimate of drug-likeness (QED) is 0.418. The lowest BCUT2D eigenvalue weighted by atomic mass is 10.0. The molecule has 2 rings (SSSR count). The molecule has 0 amide bonds. The number of hydrogen-bond donors (Lipinski definition) is 0. The topological polar surface area (TPSA) is 43.4 Å². The summed E-state index contributed by atoms with van der Waals surface area (Å²) in [6.45, 7) is 3.60. The molecule has 0 aromatic heterocycles. The van der Waals surface area contributed by atoms with Gasteiger partial charge in [0.05, 0.1) is 0 Å². The molecule has 0 radical (unpaired) electrons. The number of carbonyl (C=O) groups excluding carboxylic acids is 2. The van der Waals surface area contributed by atoms with Crippen LogP contribution in [-0.2, 0) is 9.53 Å². The third-order valence-electron chi connectivity index (χ3n) is 2.44. The molecule has 1 atom stereocenters. The van der Waals surface area contributed by atoms with Gasteiger partial charge in [-0.1, -0.05) is 30.8 Å². The summed E-state index contributed by atoms with van der Waals surface area (Å²) in [5, 5.41) is 0. The molecule has 0 saturated carbocycles. The molecule has 1 fully saturated rings. The maximum Gasteiger partial charge on any atom is 0.334 e. The number of esters is 1. The van der Waals surface area contributed by atoms with Crippen molar-refractivity contribution in [1.82, 2.24) is 0 Å². The molecule has 1 saturated heterocycles. The molecular weight excluding hydrogens is 192 g/mol. The largest absolute Gasteiger partial charge is 0.454 e. The van der Waals surface area contributed by atoms with Gasteiger partial charge in [0.1, 0.15) is 12.4 Å². The third kappa shape index (κ3) is 1.68. The van der Waals surface area contributed by atoms with Crippen molar-refractivity contribution in [2.75, 3.05) is 0 Å². The number of hydrogen-bond acceptors (Lipinski definition) is 3. The van der Waals surface area contributed by atoms with E-state index in [1.165, 1.54) is 0 Å². The van der Waals surface area contributed by atoms with E-state index in [0.717, 1.165) is 11.8 Å². The Morgan fingerprint density at radius 1 is 1.40 bits per heavy atom. The van der Waals surface area contributed by atoms with Crippen molar-refractivity contribution in [2.45, 2.75) is 12.5 Å². The SMILES string of the molecule is C=C1CC(c2ccccc2C=O)OC1=O. The minimum atomic E-state index is -0.374. The zero-order chi connectivity index (χ0) is 10.8. The molecule has 1 heterocycles. The van der Waals surface area contributed by atoms with E-state index in [9.17, 15) is 9.59 Å². The Morgan fingerprint density at radius 3 is 2.73 bits per heavy atom. The normalized spacial score (nSPS) is 20.1. The maximum absolute atomic E-state index is 11.1. The van der Waals surface area contributed by atoms with Crippen molar-refractivity contribution in [1.29, 1.82) is 0 Å².